The number of fused-ring (bicyclic) bond motifs is 2. The molecule has 0 radical (unpaired) electrons. The summed E-state index contributed by atoms with van der Waals surface area (Å²) in [6, 6.07) is 18.6. The van der Waals surface area contributed by atoms with Gasteiger partial charge in [0.25, 0.3) is 11.8 Å². The fourth-order valence-corrected chi connectivity index (χ4v) is 4.48. The third-order valence-corrected chi connectivity index (χ3v) is 6.42. The molecular weight excluding hydrogens is 416 g/mol. The predicted octanol–water partition coefficient (Wildman–Crippen LogP) is 2.04. The maximum atomic E-state index is 12.8. The van der Waals surface area contributed by atoms with Crippen LogP contribution in [0.25, 0.3) is 0 Å². The minimum atomic E-state index is -0.700. The first kappa shape index (κ1) is 21.3. The fourth-order valence-electron chi connectivity index (χ4n) is 4.48. The van der Waals surface area contributed by atoms with Gasteiger partial charge in [-0.2, -0.15) is 0 Å². The number of nitrogens with one attached hydrogen (secondary N) is 2. The summed E-state index contributed by atoms with van der Waals surface area (Å²) in [5.74, 6) is -0.360. The van der Waals surface area contributed by atoms with E-state index in [2.05, 4.69) is 27.8 Å². The summed E-state index contributed by atoms with van der Waals surface area (Å²) in [5.41, 5.74) is 5.45. The van der Waals surface area contributed by atoms with Gasteiger partial charge in [-0.3, -0.25) is 14.6 Å². The number of aliphatic hydroxyl groups is 1. The number of carbonyl (C=O) groups is 2. The van der Waals surface area contributed by atoms with E-state index in [0.29, 0.717) is 30.8 Å². The molecule has 0 spiro atoms. The molecule has 7 nitrogen and oxygen atoms in total. The van der Waals surface area contributed by atoms with Crippen molar-refractivity contribution in [3.8, 4) is 0 Å². The molecular formula is C26H26N4O3. The van der Waals surface area contributed by atoms with Crippen LogP contribution in [0.2, 0.25) is 0 Å². The highest BCUT2D eigenvalue weighted by molar-refractivity contribution is 5.98. The number of rotatable bonds is 5. The van der Waals surface area contributed by atoms with E-state index in [1.807, 2.05) is 24.3 Å². The molecule has 5 rings (SSSR count). The monoisotopic (exact) mass is 442 g/mol. The summed E-state index contributed by atoms with van der Waals surface area (Å²) < 4.78 is 0. The second-order valence-electron chi connectivity index (χ2n) is 8.59. The summed E-state index contributed by atoms with van der Waals surface area (Å²) >= 11 is 0. The van der Waals surface area contributed by atoms with Gasteiger partial charge in [-0.15, -0.1) is 0 Å². The largest absolute Gasteiger partial charge is 0.390 e. The van der Waals surface area contributed by atoms with Crippen LogP contribution in [0.4, 0.5) is 0 Å². The average Bonchev–Trinajstić information content (AvgIpc) is 3.31. The summed E-state index contributed by atoms with van der Waals surface area (Å²) in [5, 5.41) is 16.7. The SMILES string of the molecule is O=C(NC[C@@H](O)[C@@H]1Cc2ccccc2CN1)c1ccc(C(=O)N2Cc3cccnc3C2)cc1. The molecule has 0 unspecified atom stereocenters. The lowest BCUT2D eigenvalue weighted by Crippen LogP contribution is -2.49. The van der Waals surface area contributed by atoms with Gasteiger partial charge in [-0.1, -0.05) is 30.3 Å². The Kier molecular flexibility index (Phi) is 5.90. The van der Waals surface area contributed by atoms with Crippen LogP contribution in [0.5, 0.6) is 0 Å². The van der Waals surface area contributed by atoms with Crippen LogP contribution < -0.4 is 10.6 Å². The first-order chi connectivity index (χ1) is 16.1. The van der Waals surface area contributed by atoms with Gasteiger partial charge < -0.3 is 20.6 Å². The first-order valence-corrected chi connectivity index (χ1v) is 11.2. The number of benzene rings is 2. The van der Waals surface area contributed by atoms with Crippen molar-refractivity contribution in [2.75, 3.05) is 6.54 Å². The number of aliphatic hydroxyl groups excluding tert-OH is 1. The van der Waals surface area contributed by atoms with Gasteiger partial charge >= 0.3 is 0 Å². The zero-order valence-electron chi connectivity index (χ0n) is 18.2. The molecule has 3 aromatic rings. The molecule has 3 N–H and O–H groups in total. The second kappa shape index (κ2) is 9.13. The summed E-state index contributed by atoms with van der Waals surface area (Å²) in [6.45, 7) is 1.90. The van der Waals surface area contributed by atoms with Crippen LogP contribution in [-0.4, -0.2) is 45.5 Å². The maximum absolute atomic E-state index is 12.8. The molecule has 3 heterocycles. The molecule has 33 heavy (non-hydrogen) atoms. The van der Waals surface area contributed by atoms with Crippen molar-refractivity contribution in [1.29, 1.82) is 0 Å². The highest BCUT2D eigenvalue weighted by atomic mass is 16.3. The number of nitrogens with zero attached hydrogens (tertiary/aromatic N) is 2. The van der Waals surface area contributed by atoms with Crippen LogP contribution >= 0.6 is 0 Å². The minimum absolute atomic E-state index is 0.0842. The van der Waals surface area contributed by atoms with E-state index >= 15 is 0 Å². The van der Waals surface area contributed by atoms with E-state index in [1.165, 1.54) is 11.1 Å². The van der Waals surface area contributed by atoms with Crippen LogP contribution in [0.3, 0.4) is 0 Å². The summed E-state index contributed by atoms with van der Waals surface area (Å²) in [6.07, 6.45) is 1.76. The number of amides is 2. The third-order valence-electron chi connectivity index (χ3n) is 6.42. The van der Waals surface area contributed by atoms with Crippen LogP contribution in [0.15, 0.2) is 66.9 Å². The maximum Gasteiger partial charge on any atom is 0.254 e. The smallest absolute Gasteiger partial charge is 0.254 e. The van der Waals surface area contributed by atoms with Crippen molar-refractivity contribution < 1.29 is 14.7 Å². The highest BCUT2D eigenvalue weighted by Crippen LogP contribution is 2.22. The van der Waals surface area contributed by atoms with Crippen molar-refractivity contribution in [2.45, 2.75) is 38.2 Å². The van der Waals surface area contributed by atoms with Crippen molar-refractivity contribution in [2.24, 2.45) is 0 Å². The van der Waals surface area contributed by atoms with Gasteiger partial charge in [-0.25, -0.2) is 0 Å². The number of aromatic nitrogens is 1. The first-order valence-electron chi connectivity index (χ1n) is 11.2. The quantitative estimate of drug-likeness (QED) is 0.562. The Morgan fingerprint density at radius 2 is 1.73 bits per heavy atom. The van der Waals surface area contributed by atoms with Crippen molar-refractivity contribution in [3.63, 3.8) is 0 Å². The Hall–Kier alpha value is -3.55. The third kappa shape index (κ3) is 4.51. The van der Waals surface area contributed by atoms with Crippen LogP contribution in [0, 0.1) is 0 Å². The van der Waals surface area contributed by atoms with E-state index in [-0.39, 0.29) is 24.4 Å². The lowest BCUT2D eigenvalue weighted by molar-refractivity contribution is 0.0749. The Morgan fingerprint density at radius 3 is 2.52 bits per heavy atom. The van der Waals surface area contributed by atoms with E-state index in [9.17, 15) is 14.7 Å². The van der Waals surface area contributed by atoms with Gasteiger partial charge in [0.1, 0.15) is 0 Å². The number of carbonyl (C=O) groups excluding carboxylic acids is 2. The molecule has 2 amide bonds. The topological polar surface area (TPSA) is 94.6 Å². The normalized spacial score (nSPS) is 17.7. The fraction of sp³-hybridized carbons (Fsp3) is 0.269. The van der Waals surface area contributed by atoms with Gasteiger partial charge in [-0.05, 0) is 53.4 Å². The van der Waals surface area contributed by atoms with Crippen LogP contribution in [-0.2, 0) is 26.1 Å². The van der Waals surface area contributed by atoms with E-state index in [0.717, 1.165) is 17.7 Å². The molecule has 1 aromatic heterocycles. The predicted molar refractivity (Wildman–Crippen MR) is 123 cm³/mol. The Morgan fingerprint density at radius 1 is 1.00 bits per heavy atom. The molecule has 0 fully saturated rings. The van der Waals surface area contributed by atoms with Crippen molar-refractivity contribution in [1.82, 2.24) is 20.5 Å². The number of hydrogen-bond acceptors (Lipinski definition) is 5. The number of hydrogen-bond donors (Lipinski definition) is 3. The highest BCUT2D eigenvalue weighted by Gasteiger charge is 2.26. The minimum Gasteiger partial charge on any atom is -0.390 e. The molecule has 168 valence electrons. The Labute approximate surface area is 192 Å². The molecule has 0 saturated carbocycles. The van der Waals surface area contributed by atoms with Crippen LogP contribution in [0.1, 0.15) is 43.1 Å². The Bertz CT molecular complexity index is 1150. The molecule has 2 aromatic carbocycles. The van der Waals surface area contributed by atoms with Crippen molar-refractivity contribution in [3.05, 3.63) is 100 Å². The second-order valence-corrected chi connectivity index (χ2v) is 8.59. The zero-order valence-corrected chi connectivity index (χ0v) is 18.2. The van der Waals surface area contributed by atoms with Gasteiger partial charge in [0.05, 0.1) is 18.3 Å². The molecule has 2 aliphatic rings. The standard InChI is InChI=1S/C26H26N4O3/c31-24(22-12-19-4-1-2-5-20(19)13-28-22)14-29-25(32)17-7-9-18(10-8-17)26(33)30-15-21-6-3-11-27-23(21)16-30/h1-11,22,24,28,31H,12-16H2,(H,29,32)/t22-,24+/m0/s1. The summed E-state index contributed by atoms with van der Waals surface area (Å²) in [7, 11) is 0. The van der Waals surface area contributed by atoms with E-state index in [4.69, 9.17) is 0 Å². The number of pyridine rings is 1. The van der Waals surface area contributed by atoms with Gasteiger partial charge in [0.2, 0.25) is 0 Å². The van der Waals surface area contributed by atoms with E-state index in [1.54, 1.807) is 35.4 Å². The van der Waals surface area contributed by atoms with Gasteiger partial charge in [0, 0.05) is 43.0 Å². The Balaban J connectivity index is 1.15. The molecule has 2 atom stereocenters. The zero-order chi connectivity index (χ0) is 22.8. The van der Waals surface area contributed by atoms with Crippen molar-refractivity contribution >= 4 is 11.8 Å². The van der Waals surface area contributed by atoms with E-state index < -0.39 is 6.10 Å². The van der Waals surface area contributed by atoms with Gasteiger partial charge in [0.15, 0.2) is 0 Å². The molecule has 0 saturated heterocycles. The summed E-state index contributed by atoms with van der Waals surface area (Å²) in [4.78, 5) is 31.5. The molecule has 7 heteroatoms. The lowest BCUT2D eigenvalue weighted by Gasteiger charge is -2.30. The lowest BCUT2D eigenvalue weighted by atomic mass is 9.93. The average molecular weight is 443 g/mol. The molecule has 0 aliphatic carbocycles. The molecule has 2 aliphatic heterocycles. The molecule has 0 bridgehead atoms.